The van der Waals surface area contributed by atoms with Gasteiger partial charge in [-0.15, -0.1) is 0 Å². The first-order valence-electron chi connectivity index (χ1n) is 11.1. The molecule has 1 N–H and O–H groups in total. The number of anilines is 1. The minimum Gasteiger partial charge on any atom is -0.492 e. The largest absolute Gasteiger partial charge is 0.492 e. The summed E-state index contributed by atoms with van der Waals surface area (Å²) in [5.41, 5.74) is 3.83. The molecule has 0 atom stereocenters. The standard InChI is InChI=1S/C28H23BrN4O2/c1-2-35-26-11-7-6-10-25(26)31-28(34)22(17-30)16-23-19-33(18-20-12-14-24(29)15-13-20)32-27(23)21-8-4-3-5-9-21/h3-16,19H,2,18H2,1H3,(H,31,34). The maximum atomic E-state index is 13.0. The third-order valence-corrected chi connectivity index (χ3v) is 5.72. The van der Waals surface area contributed by atoms with Gasteiger partial charge in [0.15, 0.2) is 0 Å². The average molecular weight is 527 g/mol. The molecule has 0 saturated heterocycles. The van der Waals surface area contributed by atoms with Crippen molar-refractivity contribution in [2.45, 2.75) is 13.5 Å². The topological polar surface area (TPSA) is 79.9 Å². The van der Waals surface area contributed by atoms with Gasteiger partial charge in [0, 0.05) is 21.8 Å². The van der Waals surface area contributed by atoms with Gasteiger partial charge in [0.2, 0.25) is 0 Å². The molecule has 0 fully saturated rings. The van der Waals surface area contributed by atoms with Crippen molar-refractivity contribution in [2.24, 2.45) is 0 Å². The van der Waals surface area contributed by atoms with E-state index in [1.807, 2.05) is 84.5 Å². The highest BCUT2D eigenvalue weighted by molar-refractivity contribution is 9.10. The molecule has 1 aromatic heterocycles. The van der Waals surface area contributed by atoms with Gasteiger partial charge in [-0.3, -0.25) is 9.48 Å². The molecule has 0 bridgehead atoms. The van der Waals surface area contributed by atoms with Gasteiger partial charge in [-0.25, -0.2) is 0 Å². The van der Waals surface area contributed by atoms with Crippen molar-refractivity contribution >= 4 is 33.6 Å². The minimum absolute atomic E-state index is 0.0309. The van der Waals surface area contributed by atoms with Crippen molar-refractivity contribution in [3.05, 3.63) is 106 Å². The number of ether oxygens (including phenoxy) is 1. The highest BCUT2D eigenvalue weighted by atomic mass is 79.9. The van der Waals surface area contributed by atoms with Crippen LogP contribution in [0.25, 0.3) is 17.3 Å². The maximum Gasteiger partial charge on any atom is 0.266 e. The second-order valence-electron chi connectivity index (χ2n) is 7.68. The SMILES string of the molecule is CCOc1ccccc1NC(=O)C(C#N)=Cc1cn(Cc2ccc(Br)cc2)nc1-c1ccccc1. The number of carbonyl (C=O) groups is 1. The Labute approximate surface area is 212 Å². The number of carbonyl (C=O) groups excluding carboxylic acids is 1. The molecule has 3 aromatic carbocycles. The van der Waals surface area contributed by atoms with Crippen LogP contribution in [0.5, 0.6) is 5.75 Å². The molecule has 0 unspecified atom stereocenters. The summed E-state index contributed by atoms with van der Waals surface area (Å²) in [6.45, 7) is 2.89. The molecule has 174 valence electrons. The summed E-state index contributed by atoms with van der Waals surface area (Å²) >= 11 is 3.46. The summed E-state index contributed by atoms with van der Waals surface area (Å²) in [6.07, 6.45) is 3.43. The predicted octanol–water partition coefficient (Wildman–Crippen LogP) is 6.31. The molecule has 0 radical (unpaired) electrons. The molecule has 4 aromatic rings. The van der Waals surface area contributed by atoms with Gasteiger partial charge < -0.3 is 10.1 Å². The van der Waals surface area contributed by atoms with Crippen LogP contribution < -0.4 is 10.1 Å². The van der Waals surface area contributed by atoms with Gasteiger partial charge in [0.25, 0.3) is 5.91 Å². The number of amides is 1. The fourth-order valence-corrected chi connectivity index (χ4v) is 3.83. The third kappa shape index (κ3) is 6.05. The number of nitrogens with zero attached hydrogens (tertiary/aromatic N) is 3. The van der Waals surface area contributed by atoms with E-state index in [1.165, 1.54) is 0 Å². The van der Waals surface area contributed by atoms with Crippen LogP contribution in [-0.4, -0.2) is 22.3 Å². The number of hydrogen-bond acceptors (Lipinski definition) is 4. The number of para-hydroxylation sites is 2. The molecular formula is C28H23BrN4O2. The van der Waals surface area contributed by atoms with Crippen molar-refractivity contribution in [2.75, 3.05) is 11.9 Å². The van der Waals surface area contributed by atoms with E-state index >= 15 is 0 Å². The number of aromatic nitrogens is 2. The van der Waals surface area contributed by atoms with Crippen LogP contribution in [0.2, 0.25) is 0 Å². The van der Waals surface area contributed by atoms with E-state index in [-0.39, 0.29) is 5.57 Å². The second kappa shape index (κ2) is 11.3. The van der Waals surface area contributed by atoms with Crippen molar-refractivity contribution in [1.82, 2.24) is 9.78 Å². The van der Waals surface area contributed by atoms with Crippen LogP contribution >= 0.6 is 15.9 Å². The van der Waals surface area contributed by atoms with Gasteiger partial charge >= 0.3 is 0 Å². The number of benzene rings is 3. The first-order valence-corrected chi connectivity index (χ1v) is 11.9. The number of hydrogen-bond donors (Lipinski definition) is 1. The molecule has 0 aliphatic heterocycles. The quantitative estimate of drug-likeness (QED) is 0.215. The maximum absolute atomic E-state index is 13.0. The summed E-state index contributed by atoms with van der Waals surface area (Å²) in [7, 11) is 0. The Kier molecular flexibility index (Phi) is 7.76. The number of nitriles is 1. The van der Waals surface area contributed by atoms with Crippen LogP contribution in [0.15, 0.2) is 95.1 Å². The first-order chi connectivity index (χ1) is 17.1. The summed E-state index contributed by atoms with van der Waals surface area (Å²) < 4.78 is 8.40. The summed E-state index contributed by atoms with van der Waals surface area (Å²) in [4.78, 5) is 13.0. The fraction of sp³-hybridized carbons (Fsp3) is 0.107. The van der Waals surface area contributed by atoms with Gasteiger partial charge in [0.1, 0.15) is 17.4 Å². The van der Waals surface area contributed by atoms with E-state index in [4.69, 9.17) is 9.84 Å². The molecule has 1 heterocycles. The molecule has 1 amide bonds. The van der Waals surface area contributed by atoms with E-state index in [2.05, 4.69) is 21.2 Å². The molecule has 6 nitrogen and oxygen atoms in total. The van der Waals surface area contributed by atoms with Gasteiger partial charge in [-0.05, 0) is 42.8 Å². The van der Waals surface area contributed by atoms with Gasteiger partial charge in [-0.2, -0.15) is 10.4 Å². The lowest BCUT2D eigenvalue weighted by atomic mass is 10.1. The lowest BCUT2D eigenvalue weighted by molar-refractivity contribution is -0.112. The monoisotopic (exact) mass is 526 g/mol. The zero-order chi connectivity index (χ0) is 24.6. The Bertz CT molecular complexity index is 1390. The van der Waals surface area contributed by atoms with E-state index < -0.39 is 5.91 Å². The zero-order valence-electron chi connectivity index (χ0n) is 19.1. The van der Waals surface area contributed by atoms with Gasteiger partial charge in [0.05, 0.1) is 24.5 Å². The number of halogens is 1. The predicted molar refractivity (Wildman–Crippen MR) is 141 cm³/mol. The van der Waals surface area contributed by atoms with Crippen LogP contribution in [0.1, 0.15) is 18.1 Å². The molecule has 0 saturated carbocycles. The van der Waals surface area contributed by atoms with Crippen molar-refractivity contribution in [3.63, 3.8) is 0 Å². The summed E-state index contributed by atoms with van der Waals surface area (Å²) in [5.74, 6) is 0.0345. The fourth-order valence-electron chi connectivity index (χ4n) is 3.57. The molecule has 7 heteroatoms. The van der Waals surface area contributed by atoms with Crippen molar-refractivity contribution in [3.8, 4) is 23.1 Å². The summed E-state index contributed by atoms with van der Waals surface area (Å²) in [6, 6.07) is 26.9. The Morgan fingerprint density at radius 3 is 2.51 bits per heavy atom. The molecule has 35 heavy (non-hydrogen) atoms. The molecule has 0 aliphatic rings. The zero-order valence-corrected chi connectivity index (χ0v) is 20.7. The molecule has 4 rings (SSSR count). The van der Waals surface area contributed by atoms with Crippen molar-refractivity contribution < 1.29 is 9.53 Å². The number of rotatable bonds is 8. The van der Waals surface area contributed by atoms with E-state index in [9.17, 15) is 10.1 Å². The van der Waals surface area contributed by atoms with Crippen LogP contribution in [-0.2, 0) is 11.3 Å². The highest BCUT2D eigenvalue weighted by Crippen LogP contribution is 2.27. The highest BCUT2D eigenvalue weighted by Gasteiger charge is 2.16. The summed E-state index contributed by atoms with van der Waals surface area (Å²) in [5, 5.41) is 17.4. The third-order valence-electron chi connectivity index (χ3n) is 5.20. The lowest BCUT2D eigenvalue weighted by Crippen LogP contribution is -2.14. The van der Waals surface area contributed by atoms with Gasteiger partial charge in [-0.1, -0.05) is 70.5 Å². The minimum atomic E-state index is -0.515. The van der Waals surface area contributed by atoms with Crippen molar-refractivity contribution in [1.29, 1.82) is 5.26 Å². The van der Waals surface area contributed by atoms with E-state index in [1.54, 1.807) is 24.3 Å². The average Bonchev–Trinajstić information content (AvgIpc) is 3.28. The lowest BCUT2D eigenvalue weighted by Gasteiger charge is -2.10. The first kappa shape index (κ1) is 24.0. The Hall–Kier alpha value is -4.15. The molecular weight excluding hydrogens is 504 g/mol. The van der Waals surface area contributed by atoms with Crippen LogP contribution in [0.3, 0.4) is 0 Å². The Balaban J connectivity index is 1.67. The normalized spacial score (nSPS) is 11.1. The van der Waals surface area contributed by atoms with Crippen LogP contribution in [0, 0.1) is 11.3 Å². The number of nitrogens with one attached hydrogen (secondary N) is 1. The van der Waals surface area contributed by atoms with Crippen LogP contribution in [0.4, 0.5) is 5.69 Å². The second-order valence-corrected chi connectivity index (χ2v) is 8.59. The molecule has 0 aliphatic carbocycles. The van der Waals surface area contributed by atoms with E-state index in [0.717, 1.165) is 15.6 Å². The Morgan fingerprint density at radius 2 is 1.80 bits per heavy atom. The Morgan fingerprint density at radius 1 is 1.09 bits per heavy atom. The van der Waals surface area contributed by atoms with E-state index in [0.29, 0.717) is 35.8 Å². The smallest absolute Gasteiger partial charge is 0.266 e. The molecule has 0 spiro atoms.